The van der Waals surface area contributed by atoms with Crippen LogP contribution < -0.4 is 16.4 Å². The minimum absolute atomic E-state index is 0.322. The van der Waals surface area contributed by atoms with Crippen LogP contribution in [0.15, 0.2) is 110 Å². The zero-order valence-electron chi connectivity index (χ0n) is 31.1. The van der Waals surface area contributed by atoms with E-state index in [1.165, 1.54) is 7.11 Å². The molecule has 1 aliphatic heterocycles. The number of carbonyl (C=O) groups is 4. The number of likely N-dealkylation sites (tertiary alicyclic amines) is 1. The molecule has 1 aliphatic rings. The monoisotopic (exact) mass is 768 g/mol. The highest BCUT2D eigenvalue weighted by Gasteiger charge is 2.38. The molecule has 0 radical (unpaired) electrons. The second-order valence-corrected chi connectivity index (χ2v) is 13.4. The molecule has 290 valence electrons. The predicted octanol–water partition coefficient (Wildman–Crippen LogP) is 5.70. The van der Waals surface area contributed by atoms with Crippen LogP contribution in [-0.4, -0.2) is 72.5 Å². The van der Waals surface area contributed by atoms with Crippen LogP contribution >= 0.6 is 0 Å². The number of aromatic amines is 2. The van der Waals surface area contributed by atoms with Crippen molar-refractivity contribution in [3.8, 4) is 33.9 Å². The topological polar surface area (TPSA) is 223 Å². The van der Waals surface area contributed by atoms with E-state index in [0.717, 1.165) is 23.2 Å². The van der Waals surface area contributed by atoms with E-state index >= 15 is 0 Å². The van der Waals surface area contributed by atoms with Crippen molar-refractivity contribution in [1.29, 1.82) is 0 Å². The predicted molar refractivity (Wildman–Crippen MR) is 207 cm³/mol. The Labute approximate surface area is 327 Å². The molecule has 6 aromatic rings. The van der Waals surface area contributed by atoms with Gasteiger partial charge < -0.3 is 40.7 Å². The second-order valence-electron chi connectivity index (χ2n) is 13.4. The average molecular weight is 769 g/mol. The SMILES string of the molecule is COC(=O)N[C@@H](C(=O)N[C@@H](C)c1ncc(-c2cnc(-c3ccc(-c4cnc([C@@H]5CCCN5C(=O)[C@H](OC(N)=O)c5ccccc5)[nH]4)cc3)cn2)[nH]1)c1ccccc1. The Kier molecular flexibility index (Phi) is 11.3. The molecule has 4 atom stereocenters. The molecule has 16 heteroatoms. The number of imidazole rings is 2. The van der Waals surface area contributed by atoms with Crippen LogP contribution in [0.5, 0.6) is 0 Å². The molecule has 7 rings (SSSR count). The van der Waals surface area contributed by atoms with Crippen LogP contribution in [0.25, 0.3) is 33.9 Å². The van der Waals surface area contributed by atoms with Crippen LogP contribution in [0.3, 0.4) is 0 Å². The number of H-pyrrole nitrogens is 2. The Hall–Kier alpha value is -7.36. The van der Waals surface area contributed by atoms with Gasteiger partial charge in [0.2, 0.25) is 12.0 Å². The van der Waals surface area contributed by atoms with Gasteiger partial charge in [-0.05, 0) is 30.9 Å². The third-order valence-corrected chi connectivity index (χ3v) is 9.63. The lowest BCUT2D eigenvalue weighted by atomic mass is 10.1. The number of rotatable bonds is 12. The number of methoxy groups -OCH3 is 1. The van der Waals surface area contributed by atoms with Crippen LogP contribution in [0.4, 0.5) is 9.59 Å². The highest BCUT2D eigenvalue weighted by molar-refractivity contribution is 5.87. The molecule has 3 aromatic carbocycles. The fraction of sp³-hybridized carbons (Fsp3) is 0.220. The summed E-state index contributed by atoms with van der Waals surface area (Å²) in [4.78, 5) is 77.2. The smallest absolute Gasteiger partial charge is 0.407 e. The van der Waals surface area contributed by atoms with E-state index in [1.54, 1.807) is 85.1 Å². The van der Waals surface area contributed by atoms with E-state index in [0.29, 0.717) is 52.8 Å². The molecule has 1 fully saturated rings. The van der Waals surface area contributed by atoms with Crippen LogP contribution in [0.2, 0.25) is 0 Å². The Morgan fingerprint density at radius 3 is 2.09 bits per heavy atom. The van der Waals surface area contributed by atoms with Gasteiger partial charge in [0.15, 0.2) is 0 Å². The number of nitrogens with zero attached hydrogens (tertiary/aromatic N) is 5. The van der Waals surface area contributed by atoms with Gasteiger partial charge in [0.05, 0.1) is 61.1 Å². The Morgan fingerprint density at radius 2 is 1.42 bits per heavy atom. The van der Waals surface area contributed by atoms with Crippen LogP contribution in [0.1, 0.15) is 66.8 Å². The van der Waals surface area contributed by atoms with Crippen molar-refractivity contribution in [2.45, 2.75) is 44.0 Å². The number of primary amides is 1. The van der Waals surface area contributed by atoms with E-state index in [-0.39, 0.29) is 11.9 Å². The second kappa shape index (κ2) is 17.0. The zero-order chi connectivity index (χ0) is 39.9. The normalized spacial score (nSPS) is 15.3. The van der Waals surface area contributed by atoms with E-state index in [1.807, 2.05) is 36.4 Å². The number of ether oxygens (including phenoxy) is 2. The third kappa shape index (κ3) is 8.64. The molecule has 6 N–H and O–H groups in total. The standard InChI is InChI=1S/C41H40N10O6/c1-24(47-38(52)34(50-41(55)56-2)27-10-5-3-6-11-27)36-45-23-32(49-36)31-22-43-29(20-44-31)25-15-17-26(18-16-25)30-21-46-37(48-30)33-14-9-19-51(33)39(53)35(57-40(42)54)28-12-7-4-8-13-28/h3-8,10-13,15-18,20-24,33-35H,9,14,19H2,1-2H3,(H2,42,54)(H,45,49)(H,46,48)(H,47,52)(H,50,55)/t24-,33-,34+,35+/m0/s1. The summed E-state index contributed by atoms with van der Waals surface area (Å²) in [5.74, 6) is 0.343. The first-order valence-corrected chi connectivity index (χ1v) is 18.2. The minimum Gasteiger partial charge on any atom is -0.453 e. The molecule has 0 bridgehead atoms. The Balaban J connectivity index is 0.990. The summed E-state index contributed by atoms with van der Waals surface area (Å²) in [5.41, 5.74) is 10.8. The van der Waals surface area contributed by atoms with Gasteiger partial charge in [-0.3, -0.25) is 19.6 Å². The van der Waals surface area contributed by atoms with Gasteiger partial charge in [0, 0.05) is 17.7 Å². The molecule has 57 heavy (non-hydrogen) atoms. The molecule has 4 amide bonds. The van der Waals surface area contributed by atoms with Crippen molar-refractivity contribution in [2.75, 3.05) is 13.7 Å². The first-order valence-electron chi connectivity index (χ1n) is 18.2. The van der Waals surface area contributed by atoms with Crippen molar-refractivity contribution in [2.24, 2.45) is 5.73 Å². The number of carbonyl (C=O) groups excluding carboxylic acids is 4. The fourth-order valence-electron chi connectivity index (χ4n) is 6.73. The van der Waals surface area contributed by atoms with Crippen LogP contribution in [0, 0.1) is 0 Å². The Bertz CT molecular complexity index is 2330. The summed E-state index contributed by atoms with van der Waals surface area (Å²) in [6.07, 6.45) is 5.23. The first kappa shape index (κ1) is 37.9. The number of amides is 4. The lowest BCUT2D eigenvalue weighted by Gasteiger charge is -2.27. The number of aromatic nitrogens is 6. The quantitative estimate of drug-likeness (QED) is 0.102. The van der Waals surface area contributed by atoms with Crippen molar-refractivity contribution in [1.82, 2.24) is 45.4 Å². The number of hydrogen-bond acceptors (Lipinski definition) is 10. The maximum absolute atomic E-state index is 13.7. The number of hydrogen-bond donors (Lipinski definition) is 5. The van der Waals surface area contributed by atoms with Gasteiger partial charge in [-0.25, -0.2) is 19.6 Å². The highest BCUT2D eigenvalue weighted by atomic mass is 16.6. The molecule has 0 aliphatic carbocycles. The summed E-state index contributed by atoms with van der Waals surface area (Å²) in [6, 6.07) is 23.6. The van der Waals surface area contributed by atoms with Gasteiger partial charge in [-0.1, -0.05) is 84.9 Å². The van der Waals surface area contributed by atoms with Crippen molar-refractivity contribution in [3.63, 3.8) is 0 Å². The lowest BCUT2D eigenvalue weighted by molar-refractivity contribution is -0.141. The van der Waals surface area contributed by atoms with Crippen molar-refractivity contribution >= 4 is 24.0 Å². The van der Waals surface area contributed by atoms with E-state index < -0.39 is 36.3 Å². The molecule has 0 unspecified atom stereocenters. The van der Waals surface area contributed by atoms with Gasteiger partial charge in [0.1, 0.15) is 23.4 Å². The summed E-state index contributed by atoms with van der Waals surface area (Å²) in [7, 11) is 1.24. The molecular weight excluding hydrogens is 729 g/mol. The fourth-order valence-corrected chi connectivity index (χ4v) is 6.73. The number of benzene rings is 3. The van der Waals surface area contributed by atoms with Gasteiger partial charge in [-0.15, -0.1) is 0 Å². The molecule has 0 saturated carbocycles. The van der Waals surface area contributed by atoms with E-state index in [2.05, 4.69) is 40.5 Å². The van der Waals surface area contributed by atoms with Gasteiger partial charge in [0.25, 0.3) is 5.91 Å². The van der Waals surface area contributed by atoms with Crippen LogP contribution in [-0.2, 0) is 19.1 Å². The Morgan fingerprint density at radius 1 is 0.772 bits per heavy atom. The summed E-state index contributed by atoms with van der Waals surface area (Å²) in [6.45, 7) is 2.27. The maximum Gasteiger partial charge on any atom is 0.407 e. The number of nitrogens with one attached hydrogen (secondary N) is 4. The largest absolute Gasteiger partial charge is 0.453 e. The lowest BCUT2D eigenvalue weighted by Crippen LogP contribution is -2.41. The van der Waals surface area contributed by atoms with Gasteiger partial charge >= 0.3 is 12.2 Å². The average Bonchev–Trinajstić information content (AvgIpc) is 4.04. The molecule has 4 heterocycles. The molecule has 3 aromatic heterocycles. The maximum atomic E-state index is 13.7. The summed E-state index contributed by atoms with van der Waals surface area (Å²) < 4.78 is 9.99. The molecule has 16 nitrogen and oxygen atoms in total. The summed E-state index contributed by atoms with van der Waals surface area (Å²) in [5, 5.41) is 5.47. The van der Waals surface area contributed by atoms with Gasteiger partial charge in [-0.2, -0.15) is 0 Å². The van der Waals surface area contributed by atoms with Crippen molar-refractivity contribution in [3.05, 3.63) is 132 Å². The molecule has 0 spiro atoms. The minimum atomic E-state index is -1.15. The third-order valence-electron chi connectivity index (χ3n) is 9.63. The molecular formula is C41H40N10O6. The zero-order valence-corrected chi connectivity index (χ0v) is 31.1. The van der Waals surface area contributed by atoms with Crippen molar-refractivity contribution < 1.29 is 28.7 Å². The summed E-state index contributed by atoms with van der Waals surface area (Å²) >= 11 is 0. The number of nitrogens with two attached hydrogens (primary N) is 1. The number of alkyl carbamates (subject to hydrolysis) is 1. The van der Waals surface area contributed by atoms with E-state index in [4.69, 9.17) is 15.2 Å². The molecule has 1 saturated heterocycles. The first-order chi connectivity index (χ1) is 27.7. The highest BCUT2D eigenvalue weighted by Crippen LogP contribution is 2.35. The van der Waals surface area contributed by atoms with E-state index in [9.17, 15) is 19.2 Å².